The number of hydrogen-bond donors (Lipinski definition) is 0. The summed E-state index contributed by atoms with van der Waals surface area (Å²) in [5.41, 5.74) is 0.703. The summed E-state index contributed by atoms with van der Waals surface area (Å²) in [4.78, 5) is 10.9. The Morgan fingerprint density at radius 3 is 3.00 bits per heavy atom. The summed E-state index contributed by atoms with van der Waals surface area (Å²) < 4.78 is 6.73. The number of aromatic nitrogens is 1. The first-order valence-corrected chi connectivity index (χ1v) is 3.73. The van der Waals surface area contributed by atoms with Gasteiger partial charge in [0.15, 0.2) is 18.2 Å². The molecule has 1 aromatic heterocycles. The van der Waals surface area contributed by atoms with Crippen molar-refractivity contribution in [3.05, 3.63) is 30.1 Å². The second-order valence-corrected chi connectivity index (χ2v) is 2.58. The molecular formula is C9H12NO2+. The average molecular weight is 166 g/mol. The molecule has 0 aliphatic carbocycles. The Morgan fingerprint density at radius 2 is 2.42 bits per heavy atom. The lowest BCUT2D eigenvalue weighted by molar-refractivity contribution is -0.731. The van der Waals surface area contributed by atoms with Gasteiger partial charge in [-0.25, -0.2) is 0 Å². The molecule has 0 aliphatic heterocycles. The second kappa shape index (κ2) is 3.97. The van der Waals surface area contributed by atoms with Crippen LogP contribution in [0.4, 0.5) is 0 Å². The molecule has 0 bridgehead atoms. The van der Waals surface area contributed by atoms with Crippen LogP contribution in [0.5, 0.6) is 0 Å². The van der Waals surface area contributed by atoms with E-state index in [4.69, 9.17) is 4.74 Å². The van der Waals surface area contributed by atoms with Crippen molar-refractivity contribution < 1.29 is 14.1 Å². The van der Waals surface area contributed by atoms with Crippen LogP contribution in [0.15, 0.2) is 24.5 Å². The molecule has 64 valence electrons. The van der Waals surface area contributed by atoms with Gasteiger partial charge >= 0.3 is 0 Å². The van der Waals surface area contributed by atoms with Gasteiger partial charge in [-0.3, -0.25) is 4.79 Å². The van der Waals surface area contributed by atoms with Crippen molar-refractivity contribution in [1.29, 1.82) is 0 Å². The summed E-state index contributed by atoms with van der Waals surface area (Å²) >= 11 is 0. The number of ketones is 1. The number of pyridine rings is 1. The van der Waals surface area contributed by atoms with Crippen LogP contribution in [0.2, 0.25) is 0 Å². The second-order valence-electron chi connectivity index (χ2n) is 2.58. The average Bonchev–Trinajstić information content (AvgIpc) is 2.05. The van der Waals surface area contributed by atoms with Crippen molar-refractivity contribution in [3.63, 3.8) is 0 Å². The maximum atomic E-state index is 10.9. The molecule has 0 radical (unpaired) electrons. The molecule has 12 heavy (non-hydrogen) atoms. The molecule has 3 nitrogen and oxygen atoms in total. The fraction of sp³-hybridized carbons (Fsp3) is 0.333. The van der Waals surface area contributed by atoms with E-state index < -0.39 is 0 Å². The van der Waals surface area contributed by atoms with Gasteiger partial charge in [0.2, 0.25) is 0 Å². The summed E-state index contributed by atoms with van der Waals surface area (Å²) in [6.45, 7) is 2.02. The van der Waals surface area contributed by atoms with Gasteiger partial charge in [-0.05, 0) is 13.0 Å². The van der Waals surface area contributed by atoms with Gasteiger partial charge in [-0.2, -0.15) is 4.57 Å². The topological polar surface area (TPSA) is 30.2 Å². The van der Waals surface area contributed by atoms with E-state index >= 15 is 0 Å². The van der Waals surface area contributed by atoms with Gasteiger partial charge in [0.05, 0.1) is 5.56 Å². The fourth-order valence-electron chi connectivity index (χ4n) is 0.960. The van der Waals surface area contributed by atoms with E-state index in [9.17, 15) is 4.79 Å². The highest BCUT2D eigenvalue weighted by Gasteiger charge is 2.04. The minimum absolute atomic E-state index is 0.0699. The molecule has 1 rings (SSSR count). The normalized spacial score (nSPS) is 9.83. The quantitative estimate of drug-likeness (QED) is 0.490. The molecule has 0 atom stereocenters. The molecule has 0 amide bonds. The van der Waals surface area contributed by atoms with E-state index in [0.717, 1.165) is 0 Å². The Bertz CT molecular complexity index is 284. The minimum atomic E-state index is 0.0699. The van der Waals surface area contributed by atoms with Gasteiger partial charge in [0.1, 0.15) is 0 Å². The van der Waals surface area contributed by atoms with Crippen LogP contribution in [-0.4, -0.2) is 12.9 Å². The van der Waals surface area contributed by atoms with Crippen LogP contribution in [0.1, 0.15) is 17.3 Å². The Hall–Kier alpha value is -1.22. The van der Waals surface area contributed by atoms with E-state index in [-0.39, 0.29) is 5.78 Å². The summed E-state index contributed by atoms with van der Waals surface area (Å²) in [6, 6.07) is 3.62. The lowest BCUT2D eigenvalue weighted by Crippen LogP contribution is -2.34. The molecule has 0 aliphatic rings. The first-order chi connectivity index (χ1) is 5.74. The largest absolute Gasteiger partial charge is 0.327 e. The summed E-state index contributed by atoms with van der Waals surface area (Å²) in [5.74, 6) is 0.0699. The Labute approximate surface area is 71.6 Å². The summed E-state index contributed by atoms with van der Waals surface area (Å²) in [6.07, 6.45) is 3.63. The highest BCUT2D eigenvalue weighted by atomic mass is 16.5. The zero-order valence-electron chi connectivity index (χ0n) is 7.28. The van der Waals surface area contributed by atoms with E-state index in [2.05, 4.69) is 0 Å². The van der Waals surface area contributed by atoms with E-state index in [1.54, 1.807) is 26.3 Å². The van der Waals surface area contributed by atoms with Gasteiger partial charge < -0.3 is 4.74 Å². The molecule has 0 saturated carbocycles. The van der Waals surface area contributed by atoms with Gasteiger partial charge in [-0.15, -0.1) is 0 Å². The molecular weight excluding hydrogens is 154 g/mol. The third-order valence-electron chi connectivity index (χ3n) is 1.54. The maximum Gasteiger partial charge on any atom is 0.252 e. The number of methoxy groups -OCH3 is 1. The molecule has 1 heterocycles. The standard InChI is InChI=1S/C9H12NO2/c1-8(11)9-4-3-5-10(6-9)7-12-2/h3-6H,7H2,1-2H3/q+1. The Balaban J connectivity index is 2.88. The van der Waals surface area contributed by atoms with Crippen molar-refractivity contribution in [1.82, 2.24) is 0 Å². The van der Waals surface area contributed by atoms with E-state index in [0.29, 0.717) is 12.3 Å². The lowest BCUT2D eigenvalue weighted by atomic mass is 10.2. The molecule has 0 aromatic carbocycles. The molecule has 0 saturated heterocycles. The molecule has 0 N–H and O–H groups in total. The van der Waals surface area contributed by atoms with Crippen LogP contribution in [0.3, 0.4) is 0 Å². The first kappa shape index (κ1) is 8.87. The first-order valence-electron chi connectivity index (χ1n) is 3.73. The SMILES string of the molecule is COC[n+]1cccc(C(C)=O)c1. The third kappa shape index (κ3) is 2.13. The number of rotatable bonds is 3. The highest BCUT2D eigenvalue weighted by Crippen LogP contribution is 1.94. The number of carbonyl (C=O) groups excluding carboxylic acids is 1. The highest BCUT2D eigenvalue weighted by molar-refractivity contribution is 5.93. The zero-order chi connectivity index (χ0) is 8.97. The van der Waals surface area contributed by atoms with Crippen LogP contribution in [0, 0.1) is 0 Å². The number of ether oxygens (including phenoxy) is 1. The smallest absolute Gasteiger partial charge is 0.252 e. The number of nitrogens with zero attached hydrogens (tertiary/aromatic N) is 1. The Morgan fingerprint density at radius 1 is 1.67 bits per heavy atom. The molecule has 0 fully saturated rings. The van der Waals surface area contributed by atoms with Crippen molar-refractivity contribution in [2.45, 2.75) is 13.7 Å². The third-order valence-corrected chi connectivity index (χ3v) is 1.54. The van der Waals surface area contributed by atoms with Crippen LogP contribution in [-0.2, 0) is 11.5 Å². The predicted octanol–water partition coefficient (Wildman–Crippen LogP) is 0.781. The van der Waals surface area contributed by atoms with Gasteiger partial charge in [0, 0.05) is 13.2 Å². The maximum absolute atomic E-state index is 10.9. The summed E-state index contributed by atoms with van der Waals surface area (Å²) in [7, 11) is 1.62. The van der Waals surface area contributed by atoms with Crippen LogP contribution >= 0.6 is 0 Å². The minimum Gasteiger partial charge on any atom is -0.327 e. The Kier molecular flexibility index (Phi) is 2.94. The van der Waals surface area contributed by atoms with E-state index in [1.807, 2.05) is 16.8 Å². The fourth-order valence-corrected chi connectivity index (χ4v) is 0.960. The predicted molar refractivity (Wildman–Crippen MR) is 43.7 cm³/mol. The van der Waals surface area contributed by atoms with Gasteiger partial charge in [0.25, 0.3) is 6.73 Å². The molecule has 0 unspecified atom stereocenters. The van der Waals surface area contributed by atoms with Gasteiger partial charge in [-0.1, -0.05) is 0 Å². The number of hydrogen-bond acceptors (Lipinski definition) is 2. The lowest BCUT2D eigenvalue weighted by Gasteiger charge is -1.95. The van der Waals surface area contributed by atoms with Crippen molar-refractivity contribution >= 4 is 5.78 Å². The molecule has 1 aromatic rings. The summed E-state index contributed by atoms with van der Waals surface area (Å²) in [5, 5.41) is 0. The van der Waals surface area contributed by atoms with Crippen LogP contribution < -0.4 is 4.57 Å². The number of Topliss-reactive ketones (excluding diaryl/α,β-unsaturated/α-hetero) is 1. The molecule has 3 heteroatoms. The number of carbonyl (C=O) groups is 1. The zero-order valence-corrected chi connectivity index (χ0v) is 7.28. The van der Waals surface area contributed by atoms with Crippen molar-refractivity contribution in [2.75, 3.05) is 7.11 Å². The monoisotopic (exact) mass is 166 g/mol. The van der Waals surface area contributed by atoms with Crippen molar-refractivity contribution in [3.8, 4) is 0 Å². The van der Waals surface area contributed by atoms with Crippen LogP contribution in [0.25, 0.3) is 0 Å². The molecule has 0 spiro atoms. The van der Waals surface area contributed by atoms with E-state index in [1.165, 1.54) is 0 Å². The van der Waals surface area contributed by atoms with Crippen molar-refractivity contribution in [2.24, 2.45) is 0 Å².